The van der Waals surface area contributed by atoms with Crippen LogP contribution in [0.1, 0.15) is 16.1 Å². The van der Waals surface area contributed by atoms with Gasteiger partial charge in [-0.3, -0.25) is 4.79 Å². The van der Waals surface area contributed by atoms with Crippen LogP contribution in [0, 0.1) is 11.3 Å². The molecule has 0 unspecified atom stereocenters. The van der Waals surface area contributed by atoms with E-state index in [2.05, 4.69) is 6.07 Å². The Morgan fingerprint density at radius 2 is 2.06 bits per heavy atom. The van der Waals surface area contributed by atoms with E-state index in [4.69, 9.17) is 10.4 Å². The van der Waals surface area contributed by atoms with Gasteiger partial charge in [-0.25, -0.2) is 0 Å². The molecule has 1 aromatic heterocycles. The van der Waals surface area contributed by atoms with Gasteiger partial charge in [-0.1, -0.05) is 6.07 Å². The maximum absolute atomic E-state index is 10.7. The molecule has 0 aliphatic rings. The fourth-order valence-corrected chi connectivity index (χ4v) is 1.53. The van der Waals surface area contributed by atoms with Gasteiger partial charge in [0.15, 0.2) is 6.29 Å². The van der Waals surface area contributed by atoms with Crippen molar-refractivity contribution in [2.75, 3.05) is 7.11 Å². The number of aromatic nitrogens is 1. The van der Waals surface area contributed by atoms with Crippen molar-refractivity contribution in [1.29, 1.82) is 5.26 Å². The minimum atomic E-state index is 0.608. The lowest BCUT2D eigenvalue weighted by Crippen LogP contribution is -1.93. The van der Waals surface area contributed by atoms with Crippen molar-refractivity contribution in [3.63, 3.8) is 0 Å². The van der Waals surface area contributed by atoms with Crippen molar-refractivity contribution in [2.24, 2.45) is 7.05 Å². The second-order valence-electron chi connectivity index (χ2n) is 3.13. The van der Waals surface area contributed by atoms with Crippen LogP contribution in [0.5, 0.6) is 0 Å². The molecule has 4 nitrogen and oxygen atoms in total. The number of aldehydes is 1. The standard InChI is InChI=1S/C11H8N2O.CH4O/c1-13-10(7-14)5-9-3-2-8(6-12)4-11(9)13;1-2/h2-5,7H,1H3;2H,1H3. The molecule has 0 saturated carbocycles. The summed E-state index contributed by atoms with van der Waals surface area (Å²) >= 11 is 0. The molecule has 1 heterocycles. The van der Waals surface area contributed by atoms with E-state index >= 15 is 0 Å². The molecule has 82 valence electrons. The van der Waals surface area contributed by atoms with Gasteiger partial charge >= 0.3 is 0 Å². The van der Waals surface area contributed by atoms with Gasteiger partial charge in [-0.15, -0.1) is 0 Å². The highest BCUT2D eigenvalue weighted by Gasteiger charge is 2.04. The Morgan fingerprint density at radius 3 is 2.62 bits per heavy atom. The number of aliphatic hydroxyl groups excluding tert-OH is 1. The summed E-state index contributed by atoms with van der Waals surface area (Å²) in [5.74, 6) is 0. The Kier molecular flexibility index (Phi) is 3.81. The van der Waals surface area contributed by atoms with E-state index in [9.17, 15) is 4.79 Å². The van der Waals surface area contributed by atoms with Crippen LogP contribution >= 0.6 is 0 Å². The van der Waals surface area contributed by atoms with E-state index in [1.807, 2.05) is 19.2 Å². The zero-order valence-electron chi connectivity index (χ0n) is 9.14. The van der Waals surface area contributed by atoms with E-state index in [0.29, 0.717) is 11.3 Å². The van der Waals surface area contributed by atoms with Gasteiger partial charge in [0.1, 0.15) is 0 Å². The van der Waals surface area contributed by atoms with Gasteiger partial charge in [0.2, 0.25) is 0 Å². The van der Waals surface area contributed by atoms with Crippen LogP contribution in [0.3, 0.4) is 0 Å². The molecular formula is C12H12N2O2. The van der Waals surface area contributed by atoms with Gasteiger partial charge in [0, 0.05) is 25.1 Å². The minimum absolute atomic E-state index is 0.608. The average Bonchev–Trinajstić information content (AvgIpc) is 2.68. The van der Waals surface area contributed by atoms with Gasteiger partial charge in [0.25, 0.3) is 0 Å². The zero-order valence-corrected chi connectivity index (χ0v) is 9.14. The molecule has 16 heavy (non-hydrogen) atoms. The number of fused-ring (bicyclic) bond motifs is 1. The first-order valence-corrected chi connectivity index (χ1v) is 4.66. The summed E-state index contributed by atoms with van der Waals surface area (Å²) in [5, 5.41) is 16.7. The van der Waals surface area contributed by atoms with Crippen LogP contribution in [0.2, 0.25) is 0 Å². The lowest BCUT2D eigenvalue weighted by Gasteiger charge is -1.97. The third kappa shape index (κ3) is 1.95. The fourth-order valence-electron chi connectivity index (χ4n) is 1.53. The number of aryl methyl sites for hydroxylation is 1. The van der Waals surface area contributed by atoms with E-state index in [1.165, 1.54) is 0 Å². The summed E-state index contributed by atoms with van der Waals surface area (Å²) in [6.45, 7) is 0. The van der Waals surface area contributed by atoms with Crippen LogP contribution in [0.15, 0.2) is 24.3 Å². The first-order valence-electron chi connectivity index (χ1n) is 4.66. The van der Waals surface area contributed by atoms with Crippen LogP contribution in [0.4, 0.5) is 0 Å². The third-order valence-corrected chi connectivity index (χ3v) is 2.33. The van der Waals surface area contributed by atoms with Crippen molar-refractivity contribution in [1.82, 2.24) is 4.57 Å². The number of carbonyl (C=O) groups is 1. The number of hydrogen-bond acceptors (Lipinski definition) is 3. The summed E-state index contributed by atoms with van der Waals surface area (Å²) in [4.78, 5) is 10.7. The SMILES string of the molecule is CO.Cn1c(C=O)cc2ccc(C#N)cc21. The topological polar surface area (TPSA) is 66.0 Å². The molecule has 0 fully saturated rings. The monoisotopic (exact) mass is 216 g/mol. The molecule has 0 aliphatic heterocycles. The molecule has 0 bridgehead atoms. The van der Waals surface area contributed by atoms with E-state index in [-0.39, 0.29) is 0 Å². The first-order chi connectivity index (χ1) is 7.76. The summed E-state index contributed by atoms with van der Waals surface area (Å²) in [6, 6.07) is 9.26. The van der Waals surface area contributed by atoms with Gasteiger partial charge in [-0.2, -0.15) is 5.26 Å². The third-order valence-electron chi connectivity index (χ3n) is 2.33. The van der Waals surface area contributed by atoms with Gasteiger partial charge < -0.3 is 9.67 Å². The zero-order chi connectivity index (χ0) is 12.1. The normalized spacial score (nSPS) is 9.12. The maximum Gasteiger partial charge on any atom is 0.166 e. The van der Waals surface area contributed by atoms with Crippen LogP contribution in [0.25, 0.3) is 10.9 Å². The van der Waals surface area contributed by atoms with Crippen molar-refractivity contribution < 1.29 is 9.90 Å². The second kappa shape index (κ2) is 5.10. The summed E-state index contributed by atoms with van der Waals surface area (Å²) in [5.41, 5.74) is 2.14. The minimum Gasteiger partial charge on any atom is -0.400 e. The maximum atomic E-state index is 10.7. The number of nitriles is 1. The predicted molar refractivity (Wildman–Crippen MR) is 61.2 cm³/mol. The highest BCUT2D eigenvalue weighted by Crippen LogP contribution is 2.18. The molecule has 0 aliphatic carbocycles. The van der Waals surface area contributed by atoms with Crippen molar-refractivity contribution in [3.8, 4) is 6.07 Å². The largest absolute Gasteiger partial charge is 0.400 e. The molecule has 2 rings (SSSR count). The van der Waals surface area contributed by atoms with Gasteiger partial charge in [-0.05, 0) is 18.2 Å². The lowest BCUT2D eigenvalue weighted by molar-refractivity contribution is 0.111. The average molecular weight is 216 g/mol. The Balaban J connectivity index is 0.000000606. The number of rotatable bonds is 1. The van der Waals surface area contributed by atoms with E-state index < -0.39 is 0 Å². The van der Waals surface area contributed by atoms with Crippen LogP contribution in [-0.4, -0.2) is 23.1 Å². The fraction of sp³-hybridized carbons (Fsp3) is 0.167. The molecule has 2 aromatic rings. The van der Waals surface area contributed by atoms with Gasteiger partial charge in [0.05, 0.1) is 17.3 Å². The smallest absolute Gasteiger partial charge is 0.166 e. The molecule has 0 saturated heterocycles. The molecular weight excluding hydrogens is 204 g/mol. The predicted octanol–water partition coefficient (Wildman–Crippen LogP) is 1.47. The Hall–Kier alpha value is -2.12. The van der Waals surface area contributed by atoms with E-state index in [1.54, 1.807) is 16.7 Å². The molecule has 0 radical (unpaired) electrons. The second-order valence-corrected chi connectivity index (χ2v) is 3.13. The molecule has 4 heteroatoms. The molecule has 0 atom stereocenters. The van der Waals surface area contributed by atoms with Crippen molar-refractivity contribution in [2.45, 2.75) is 0 Å². The van der Waals surface area contributed by atoms with E-state index in [0.717, 1.165) is 24.3 Å². The van der Waals surface area contributed by atoms with Crippen molar-refractivity contribution >= 4 is 17.2 Å². The Bertz CT molecular complexity index is 550. The van der Waals surface area contributed by atoms with Crippen LogP contribution < -0.4 is 0 Å². The van der Waals surface area contributed by atoms with Crippen molar-refractivity contribution in [3.05, 3.63) is 35.5 Å². The first kappa shape index (κ1) is 12.0. The molecule has 1 aromatic carbocycles. The summed E-state index contributed by atoms with van der Waals surface area (Å²) in [6.07, 6.45) is 0.812. The molecule has 0 spiro atoms. The number of benzene rings is 1. The quantitative estimate of drug-likeness (QED) is 0.734. The molecule has 1 N–H and O–H groups in total. The lowest BCUT2D eigenvalue weighted by atomic mass is 10.2. The number of aliphatic hydroxyl groups is 1. The Labute approximate surface area is 93.3 Å². The summed E-state index contributed by atoms with van der Waals surface area (Å²) in [7, 11) is 2.81. The molecule has 0 amide bonds. The number of nitrogens with zero attached hydrogens (tertiary/aromatic N) is 2. The summed E-state index contributed by atoms with van der Waals surface area (Å²) < 4.78 is 1.78. The number of hydrogen-bond donors (Lipinski definition) is 1. The number of carbonyl (C=O) groups excluding carboxylic acids is 1. The Morgan fingerprint density at radius 1 is 1.38 bits per heavy atom. The highest BCUT2D eigenvalue weighted by atomic mass is 16.2. The van der Waals surface area contributed by atoms with Crippen LogP contribution in [-0.2, 0) is 7.05 Å². The highest BCUT2D eigenvalue weighted by molar-refractivity contribution is 5.89.